The first-order chi connectivity index (χ1) is 9.52. The van der Waals surface area contributed by atoms with E-state index in [0.29, 0.717) is 22.5 Å². The molecule has 0 radical (unpaired) electrons. The summed E-state index contributed by atoms with van der Waals surface area (Å²) in [7, 11) is 1.71. The highest BCUT2D eigenvalue weighted by molar-refractivity contribution is 5.94. The molecule has 2 rings (SSSR count). The second-order valence-corrected chi connectivity index (χ2v) is 4.44. The molecule has 0 aliphatic heterocycles. The number of carbonyl (C=O) groups is 1. The van der Waals surface area contributed by atoms with Gasteiger partial charge in [-0.15, -0.1) is 0 Å². The van der Waals surface area contributed by atoms with Crippen LogP contribution in [0.15, 0.2) is 42.5 Å². The van der Waals surface area contributed by atoms with Gasteiger partial charge in [0.15, 0.2) is 5.78 Å². The maximum atomic E-state index is 14.1. The Labute approximate surface area is 116 Å². The number of hydrogen-bond donors (Lipinski definition) is 0. The fourth-order valence-electron chi connectivity index (χ4n) is 1.92. The third kappa shape index (κ3) is 2.67. The highest BCUT2D eigenvalue weighted by Crippen LogP contribution is 2.27. The number of carbonyl (C=O) groups excluding carboxylic acids is 1. The Morgan fingerprint density at radius 2 is 2.00 bits per heavy atom. The van der Waals surface area contributed by atoms with Gasteiger partial charge in [0.25, 0.3) is 0 Å². The molecule has 0 saturated carbocycles. The van der Waals surface area contributed by atoms with Gasteiger partial charge in [-0.05, 0) is 43.3 Å². The van der Waals surface area contributed by atoms with E-state index in [1.807, 2.05) is 6.07 Å². The molecule has 0 amide bonds. The molecule has 2 aromatic carbocycles. The van der Waals surface area contributed by atoms with Crippen LogP contribution in [0.3, 0.4) is 0 Å². The van der Waals surface area contributed by atoms with Gasteiger partial charge < -0.3 is 4.90 Å². The van der Waals surface area contributed by atoms with Crippen LogP contribution in [0.25, 0.3) is 0 Å². The Morgan fingerprint density at radius 3 is 2.60 bits per heavy atom. The van der Waals surface area contributed by atoms with Gasteiger partial charge in [0.05, 0.1) is 17.3 Å². The number of hydrogen-bond acceptors (Lipinski definition) is 3. The average molecular weight is 268 g/mol. The number of ketones is 1. The van der Waals surface area contributed by atoms with Gasteiger partial charge in [-0.2, -0.15) is 5.26 Å². The molecule has 0 unspecified atom stereocenters. The van der Waals surface area contributed by atoms with Crippen molar-refractivity contribution in [3.05, 3.63) is 59.4 Å². The average Bonchev–Trinajstić information content (AvgIpc) is 2.46. The quantitative estimate of drug-likeness (QED) is 0.798. The van der Waals surface area contributed by atoms with Crippen molar-refractivity contribution in [1.82, 2.24) is 0 Å². The van der Waals surface area contributed by atoms with Crippen molar-refractivity contribution in [2.24, 2.45) is 0 Å². The molecule has 0 bridgehead atoms. The Hall–Kier alpha value is -2.67. The third-order valence-corrected chi connectivity index (χ3v) is 3.08. The predicted octanol–water partition coefficient (Wildman–Crippen LogP) is 3.67. The van der Waals surface area contributed by atoms with Crippen molar-refractivity contribution in [1.29, 1.82) is 5.26 Å². The monoisotopic (exact) mass is 268 g/mol. The Kier molecular flexibility index (Phi) is 3.81. The van der Waals surface area contributed by atoms with E-state index >= 15 is 0 Å². The van der Waals surface area contributed by atoms with Gasteiger partial charge >= 0.3 is 0 Å². The predicted molar refractivity (Wildman–Crippen MR) is 75.6 cm³/mol. The Bertz CT molecular complexity index is 704. The number of nitriles is 1. The fraction of sp³-hybridized carbons (Fsp3) is 0.125. The van der Waals surface area contributed by atoms with Crippen LogP contribution >= 0.6 is 0 Å². The molecule has 20 heavy (non-hydrogen) atoms. The van der Waals surface area contributed by atoms with E-state index in [2.05, 4.69) is 0 Å². The minimum absolute atomic E-state index is 0.176. The zero-order chi connectivity index (χ0) is 14.7. The lowest BCUT2D eigenvalue weighted by Gasteiger charge is -2.20. The van der Waals surface area contributed by atoms with Gasteiger partial charge in [0.2, 0.25) is 0 Å². The molecule has 2 aromatic rings. The van der Waals surface area contributed by atoms with Gasteiger partial charge in [0.1, 0.15) is 5.82 Å². The fourth-order valence-corrected chi connectivity index (χ4v) is 1.92. The molecule has 0 N–H and O–H groups in total. The zero-order valence-electron chi connectivity index (χ0n) is 11.2. The van der Waals surface area contributed by atoms with E-state index in [9.17, 15) is 9.18 Å². The van der Waals surface area contributed by atoms with Gasteiger partial charge in [0, 0.05) is 18.3 Å². The lowest BCUT2D eigenvalue weighted by molar-refractivity contribution is 0.101. The van der Waals surface area contributed by atoms with E-state index in [1.165, 1.54) is 13.0 Å². The minimum atomic E-state index is -0.470. The van der Waals surface area contributed by atoms with Crippen LogP contribution in [-0.4, -0.2) is 12.8 Å². The number of nitrogens with zero attached hydrogens (tertiary/aromatic N) is 2. The molecule has 4 heteroatoms. The summed E-state index contributed by atoms with van der Waals surface area (Å²) in [5.74, 6) is -0.646. The number of benzene rings is 2. The molecule has 0 spiro atoms. The molecule has 0 atom stereocenters. The molecule has 0 aromatic heterocycles. The molecule has 3 nitrogen and oxygen atoms in total. The van der Waals surface area contributed by atoms with Gasteiger partial charge in [-0.3, -0.25) is 4.79 Å². The third-order valence-electron chi connectivity index (χ3n) is 3.08. The summed E-state index contributed by atoms with van der Waals surface area (Å²) >= 11 is 0. The van der Waals surface area contributed by atoms with E-state index < -0.39 is 5.82 Å². The van der Waals surface area contributed by atoms with Crippen LogP contribution in [0.5, 0.6) is 0 Å². The van der Waals surface area contributed by atoms with Crippen LogP contribution in [0, 0.1) is 17.1 Å². The molecule has 0 fully saturated rings. The van der Waals surface area contributed by atoms with E-state index in [-0.39, 0.29) is 5.78 Å². The largest absolute Gasteiger partial charge is 0.342 e. The Balaban J connectivity index is 2.40. The first-order valence-electron chi connectivity index (χ1n) is 6.07. The highest BCUT2D eigenvalue weighted by atomic mass is 19.1. The van der Waals surface area contributed by atoms with Crippen LogP contribution < -0.4 is 4.90 Å². The van der Waals surface area contributed by atoms with E-state index in [4.69, 9.17) is 5.26 Å². The number of halogens is 1. The molecule has 0 saturated heterocycles. The maximum absolute atomic E-state index is 14.1. The molecule has 0 aliphatic carbocycles. The molecule has 0 heterocycles. The molecule has 0 aliphatic rings. The zero-order valence-corrected chi connectivity index (χ0v) is 11.2. The van der Waals surface area contributed by atoms with Crippen LogP contribution in [-0.2, 0) is 0 Å². The summed E-state index contributed by atoms with van der Waals surface area (Å²) in [5, 5.41) is 8.89. The van der Waals surface area contributed by atoms with Crippen LogP contribution in [0.4, 0.5) is 15.8 Å². The smallest absolute Gasteiger partial charge is 0.159 e. The highest BCUT2D eigenvalue weighted by Gasteiger charge is 2.12. The SMILES string of the molecule is CC(=O)c1ccc(N(C)c2cccc(C#N)c2)c(F)c1. The minimum Gasteiger partial charge on any atom is -0.342 e. The van der Waals surface area contributed by atoms with Crippen LogP contribution in [0.2, 0.25) is 0 Å². The molecular formula is C16H13FN2O. The van der Waals surface area contributed by atoms with Crippen molar-refractivity contribution < 1.29 is 9.18 Å². The standard InChI is InChI=1S/C16H13FN2O/c1-11(20)13-6-7-16(15(17)9-13)19(2)14-5-3-4-12(8-14)10-18/h3-9H,1-2H3. The van der Waals surface area contributed by atoms with Crippen molar-refractivity contribution in [3.8, 4) is 6.07 Å². The van der Waals surface area contributed by atoms with Crippen molar-refractivity contribution in [3.63, 3.8) is 0 Å². The first kappa shape index (κ1) is 13.8. The van der Waals surface area contributed by atoms with Crippen molar-refractivity contribution in [2.45, 2.75) is 6.92 Å². The second-order valence-electron chi connectivity index (χ2n) is 4.44. The summed E-state index contributed by atoms with van der Waals surface area (Å²) in [6.45, 7) is 1.40. The van der Waals surface area contributed by atoms with Gasteiger partial charge in [-0.25, -0.2) is 4.39 Å². The number of anilines is 2. The van der Waals surface area contributed by atoms with Crippen molar-refractivity contribution >= 4 is 17.2 Å². The Morgan fingerprint density at radius 1 is 1.25 bits per heavy atom. The second kappa shape index (κ2) is 5.54. The summed E-state index contributed by atoms with van der Waals surface area (Å²) in [4.78, 5) is 12.9. The number of rotatable bonds is 3. The van der Waals surface area contributed by atoms with Crippen LogP contribution in [0.1, 0.15) is 22.8 Å². The summed E-state index contributed by atoms with van der Waals surface area (Å²) in [5.41, 5.74) is 1.91. The molecule has 100 valence electrons. The number of Topliss-reactive ketones (excluding diaryl/α,β-unsaturated/α-hetero) is 1. The maximum Gasteiger partial charge on any atom is 0.159 e. The normalized spacial score (nSPS) is 9.90. The molecular weight excluding hydrogens is 255 g/mol. The van der Waals surface area contributed by atoms with E-state index in [1.54, 1.807) is 48.3 Å². The summed E-state index contributed by atoms with van der Waals surface area (Å²) < 4.78 is 14.1. The van der Waals surface area contributed by atoms with Gasteiger partial charge in [-0.1, -0.05) is 6.07 Å². The van der Waals surface area contributed by atoms with E-state index in [0.717, 1.165) is 0 Å². The summed E-state index contributed by atoms with van der Waals surface area (Å²) in [6, 6.07) is 13.3. The topological polar surface area (TPSA) is 44.1 Å². The lowest BCUT2D eigenvalue weighted by atomic mass is 10.1. The first-order valence-corrected chi connectivity index (χ1v) is 6.07. The summed E-state index contributed by atoms with van der Waals surface area (Å²) in [6.07, 6.45) is 0. The lowest BCUT2D eigenvalue weighted by Crippen LogP contribution is -2.12. The van der Waals surface area contributed by atoms with Crippen molar-refractivity contribution in [2.75, 3.05) is 11.9 Å².